The Kier molecular flexibility index (Phi) is 4.87. The van der Waals surface area contributed by atoms with E-state index in [0.29, 0.717) is 0 Å². The lowest BCUT2D eigenvalue weighted by atomic mass is 10.0. The fourth-order valence-electron chi connectivity index (χ4n) is 0.760. The van der Waals surface area contributed by atoms with Crippen molar-refractivity contribution in [2.75, 3.05) is 14.2 Å². The van der Waals surface area contributed by atoms with E-state index in [4.69, 9.17) is 0 Å². The normalized spacial score (nSPS) is 14.2. The topological polar surface area (TPSA) is 64.6 Å². The molecule has 0 aromatic heterocycles. The smallest absolute Gasteiger partial charge is 0.407 e. The zero-order valence-electron chi connectivity index (χ0n) is 8.29. The van der Waals surface area contributed by atoms with Gasteiger partial charge in [0.05, 0.1) is 20.1 Å². The molecule has 2 atom stereocenters. The summed E-state index contributed by atoms with van der Waals surface area (Å²) in [6.45, 7) is 3.38. The van der Waals surface area contributed by atoms with Gasteiger partial charge >= 0.3 is 12.1 Å². The standard InChI is InChI=1S/C8H15NO4/c1-5(7(10)12-3)6(2)9-8(11)13-4/h5-6H,1-4H3,(H,9,11)/t5-,6+/m0/s1. The Morgan fingerprint density at radius 3 is 2.08 bits per heavy atom. The number of amides is 1. The molecule has 5 heteroatoms. The summed E-state index contributed by atoms with van der Waals surface area (Å²) in [6.07, 6.45) is -0.553. The van der Waals surface area contributed by atoms with Crippen LogP contribution in [0.4, 0.5) is 4.79 Å². The Morgan fingerprint density at radius 2 is 1.69 bits per heavy atom. The predicted molar refractivity (Wildman–Crippen MR) is 46.2 cm³/mol. The first kappa shape index (κ1) is 11.7. The molecule has 0 saturated heterocycles. The van der Waals surface area contributed by atoms with Crippen molar-refractivity contribution in [3.05, 3.63) is 0 Å². The van der Waals surface area contributed by atoms with Crippen LogP contribution in [0.2, 0.25) is 0 Å². The number of hydrogen-bond acceptors (Lipinski definition) is 4. The van der Waals surface area contributed by atoms with Gasteiger partial charge in [0, 0.05) is 6.04 Å². The van der Waals surface area contributed by atoms with Gasteiger partial charge < -0.3 is 14.8 Å². The second-order valence-corrected chi connectivity index (χ2v) is 2.74. The Morgan fingerprint density at radius 1 is 1.15 bits per heavy atom. The fraction of sp³-hybridized carbons (Fsp3) is 0.750. The summed E-state index contributed by atoms with van der Waals surface area (Å²) in [5.74, 6) is -0.743. The van der Waals surface area contributed by atoms with E-state index >= 15 is 0 Å². The molecule has 0 unspecified atom stereocenters. The van der Waals surface area contributed by atoms with Crippen LogP contribution >= 0.6 is 0 Å². The molecule has 0 aliphatic carbocycles. The number of rotatable bonds is 3. The largest absolute Gasteiger partial charge is 0.469 e. The highest BCUT2D eigenvalue weighted by Crippen LogP contribution is 2.04. The Labute approximate surface area is 77.4 Å². The highest BCUT2D eigenvalue weighted by Gasteiger charge is 2.22. The van der Waals surface area contributed by atoms with Crippen LogP contribution in [0.5, 0.6) is 0 Å². The van der Waals surface area contributed by atoms with Crippen molar-refractivity contribution in [2.45, 2.75) is 19.9 Å². The van der Waals surface area contributed by atoms with Crippen LogP contribution < -0.4 is 5.32 Å². The lowest BCUT2D eigenvalue weighted by Gasteiger charge is -2.17. The molecule has 0 aliphatic rings. The summed E-state index contributed by atoms with van der Waals surface area (Å²) in [5, 5.41) is 2.48. The summed E-state index contributed by atoms with van der Waals surface area (Å²) in [5.41, 5.74) is 0. The molecular formula is C8H15NO4. The van der Waals surface area contributed by atoms with Gasteiger partial charge in [0.2, 0.25) is 0 Å². The minimum Gasteiger partial charge on any atom is -0.469 e. The average Bonchev–Trinajstić information content (AvgIpc) is 2.14. The number of alkyl carbamates (subject to hydrolysis) is 1. The summed E-state index contributed by atoms with van der Waals surface area (Å²) in [4.78, 5) is 21.8. The second kappa shape index (κ2) is 5.40. The molecular weight excluding hydrogens is 174 g/mol. The van der Waals surface area contributed by atoms with E-state index in [2.05, 4.69) is 14.8 Å². The Balaban J connectivity index is 4.02. The number of hydrogen-bond donors (Lipinski definition) is 1. The number of methoxy groups -OCH3 is 2. The highest BCUT2D eigenvalue weighted by molar-refractivity contribution is 5.74. The van der Waals surface area contributed by atoms with Crippen LogP contribution in [0.3, 0.4) is 0 Å². The molecule has 0 saturated carbocycles. The van der Waals surface area contributed by atoms with E-state index in [1.807, 2.05) is 0 Å². The molecule has 0 aliphatic heterocycles. The monoisotopic (exact) mass is 189 g/mol. The zero-order valence-corrected chi connectivity index (χ0v) is 8.29. The van der Waals surface area contributed by atoms with Gasteiger partial charge in [-0.05, 0) is 13.8 Å². The van der Waals surface area contributed by atoms with Crippen LogP contribution in [0.1, 0.15) is 13.8 Å². The van der Waals surface area contributed by atoms with Crippen molar-refractivity contribution in [1.29, 1.82) is 0 Å². The van der Waals surface area contributed by atoms with Crippen molar-refractivity contribution in [2.24, 2.45) is 5.92 Å². The minimum absolute atomic E-state index is 0.306. The van der Waals surface area contributed by atoms with Crippen LogP contribution in [0.25, 0.3) is 0 Å². The number of nitrogens with one attached hydrogen (secondary N) is 1. The number of carbonyl (C=O) groups excluding carboxylic acids is 2. The van der Waals surface area contributed by atoms with Gasteiger partial charge in [0.15, 0.2) is 0 Å². The van der Waals surface area contributed by atoms with Gasteiger partial charge in [-0.2, -0.15) is 0 Å². The highest BCUT2D eigenvalue weighted by atomic mass is 16.5. The fourth-order valence-corrected chi connectivity index (χ4v) is 0.760. The average molecular weight is 189 g/mol. The maximum absolute atomic E-state index is 11.0. The van der Waals surface area contributed by atoms with Crippen molar-refractivity contribution in [1.82, 2.24) is 5.32 Å². The van der Waals surface area contributed by atoms with Crippen molar-refractivity contribution < 1.29 is 19.1 Å². The lowest BCUT2D eigenvalue weighted by molar-refractivity contribution is -0.145. The van der Waals surface area contributed by atoms with E-state index < -0.39 is 6.09 Å². The predicted octanol–water partition coefficient (Wildman–Crippen LogP) is 0.540. The molecule has 13 heavy (non-hydrogen) atoms. The van der Waals surface area contributed by atoms with Gasteiger partial charge in [-0.1, -0.05) is 0 Å². The van der Waals surface area contributed by atoms with Gasteiger partial charge in [-0.3, -0.25) is 4.79 Å². The zero-order chi connectivity index (χ0) is 10.4. The van der Waals surface area contributed by atoms with Gasteiger partial charge in [-0.25, -0.2) is 4.79 Å². The number of ether oxygens (including phenoxy) is 2. The lowest BCUT2D eigenvalue weighted by Crippen LogP contribution is -2.40. The molecule has 5 nitrogen and oxygen atoms in total. The minimum atomic E-state index is -0.553. The molecule has 1 N–H and O–H groups in total. The third-order valence-electron chi connectivity index (χ3n) is 1.85. The van der Waals surface area contributed by atoms with Crippen LogP contribution in [-0.2, 0) is 14.3 Å². The summed E-state index contributed by atoms with van der Waals surface area (Å²) in [6, 6.07) is -0.306. The molecule has 0 aromatic rings. The van der Waals surface area contributed by atoms with Gasteiger partial charge in [0.1, 0.15) is 0 Å². The Bertz CT molecular complexity index is 193. The molecule has 0 bridgehead atoms. The van der Waals surface area contributed by atoms with E-state index in [9.17, 15) is 9.59 Å². The molecule has 76 valence electrons. The van der Waals surface area contributed by atoms with Crippen molar-refractivity contribution in [3.8, 4) is 0 Å². The van der Waals surface area contributed by atoms with E-state index in [1.54, 1.807) is 13.8 Å². The SMILES string of the molecule is COC(=O)N[C@H](C)[C@H](C)C(=O)OC. The molecule has 0 aromatic carbocycles. The van der Waals surface area contributed by atoms with E-state index in [0.717, 1.165) is 0 Å². The molecule has 0 fully saturated rings. The van der Waals surface area contributed by atoms with Crippen LogP contribution in [0, 0.1) is 5.92 Å². The third kappa shape index (κ3) is 3.78. The van der Waals surface area contributed by atoms with Gasteiger partial charge in [0.25, 0.3) is 0 Å². The van der Waals surface area contributed by atoms with E-state index in [1.165, 1.54) is 14.2 Å². The first-order valence-corrected chi connectivity index (χ1v) is 3.95. The quantitative estimate of drug-likeness (QED) is 0.658. The maximum atomic E-state index is 11.0. The number of esters is 1. The molecule has 0 rings (SSSR count). The Hall–Kier alpha value is -1.26. The van der Waals surface area contributed by atoms with Gasteiger partial charge in [-0.15, -0.1) is 0 Å². The molecule has 0 radical (unpaired) electrons. The third-order valence-corrected chi connectivity index (χ3v) is 1.85. The summed E-state index contributed by atoms with van der Waals surface area (Å²) in [7, 11) is 2.58. The number of carbonyl (C=O) groups is 2. The van der Waals surface area contributed by atoms with Crippen molar-refractivity contribution in [3.63, 3.8) is 0 Å². The second-order valence-electron chi connectivity index (χ2n) is 2.74. The van der Waals surface area contributed by atoms with Crippen LogP contribution in [-0.4, -0.2) is 32.3 Å². The molecule has 1 amide bonds. The molecule has 0 spiro atoms. The molecule has 0 heterocycles. The first-order chi connectivity index (χ1) is 6.02. The van der Waals surface area contributed by atoms with Crippen molar-refractivity contribution >= 4 is 12.1 Å². The first-order valence-electron chi connectivity index (χ1n) is 3.95. The van der Waals surface area contributed by atoms with Crippen LogP contribution in [0.15, 0.2) is 0 Å². The van der Waals surface area contributed by atoms with E-state index in [-0.39, 0.29) is 17.9 Å². The maximum Gasteiger partial charge on any atom is 0.407 e. The summed E-state index contributed by atoms with van der Waals surface area (Å²) >= 11 is 0. The summed E-state index contributed by atoms with van der Waals surface area (Å²) < 4.78 is 8.90.